The van der Waals surface area contributed by atoms with E-state index in [4.69, 9.17) is 13.8 Å². The van der Waals surface area contributed by atoms with Gasteiger partial charge in [0.15, 0.2) is 0 Å². The van der Waals surface area contributed by atoms with Gasteiger partial charge in [0.1, 0.15) is 5.82 Å². The fourth-order valence-electron chi connectivity index (χ4n) is 9.74. The minimum Gasteiger partial charge on any atom is -0.510 e. The molecule has 0 N–H and O–H groups in total. The summed E-state index contributed by atoms with van der Waals surface area (Å²) in [5.41, 5.74) is 9.97. The fraction of sp³-hybridized carbons (Fsp3) is 0.194. The third kappa shape index (κ3) is 9.48. The van der Waals surface area contributed by atoms with Crippen LogP contribution in [0.2, 0.25) is 0 Å². The van der Waals surface area contributed by atoms with Crippen molar-refractivity contribution < 1.29 is 40.0 Å². The summed E-state index contributed by atoms with van der Waals surface area (Å²) < 4.78 is 76.3. The Morgan fingerprint density at radius 2 is 1.27 bits per heavy atom. The van der Waals surface area contributed by atoms with Crippen molar-refractivity contribution in [3.8, 4) is 50.9 Å². The van der Waals surface area contributed by atoms with Gasteiger partial charge in [-0.05, 0) is 109 Å². The van der Waals surface area contributed by atoms with Crippen LogP contribution in [-0.2, 0) is 43.7 Å². The third-order valence-electron chi connectivity index (χ3n) is 13.6. The molecule has 0 unspecified atom stereocenters. The van der Waals surface area contributed by atoms with Crippen LogP contribution in [0.15, 0.2) is 188 Å². The topological polar surface area (TPSA) is 35.9 Å². The minimum absolute atomic E-state index is 0. The molecule has 0 bridgehead atoms. The number of ether oxygens (including phenoxy) is 1. The predicted molar refractivity (Wildman–Crippen MR) is 296 cm³/mol. The van der Waals surface area contributed by atoms with E-state index in [1.807, 2.05) is 156 Å². The van der Waals surface area contributed by atoms with E-state index in [0.29, 0.717) is 45.3 Å². The summed E-state index contributed by atoms with van der Waals surface area (Å²) in [7, 11) is 0. The molecule has 8 aromatic carbocycles. The van der Waals surface area contributed by atoms with Gasteiger partial charge in [0.05, 0.1) is 23.6 Å². The van der Waals surface area contributed by atoms with Crippen molar-refractivity contribution >= 4 is 32.8 Å². The summed E-state index contributed by atoms with van der Waals surface area (Å²) in [6, 6.07) is 54.6. The van der Waals surface area contributed by atoms with Crippen LogP contribution >= 0.6 is 0 Å². The normalized spacial score (nSPS) is 13.7. The second-order valence-corrected chi connectivity index (χ2v) is 21.2. The first-order chi connectivity index (χ1) is 37.4. The fourth-order valence-corrected chi connectivity index (χ4v) is 9.74. The number of para-hydroxylation sites is 3. The van der Waals surface area contributed by atoms with Crippen LogP contribution in [0.3, 0.4) is 0 Å². The first-order valence-corrected chi connectivity index (χ1v) is 24.5. The largest absolute Gasteiger partial charge is 0.510 e. The molecule has 0 fully saturated rings. The zero-order valence-corrected chi connectivity index (χ0v) is 44.8. The van der Waals surface area contributed by atoms with Crippen molar-refractivity contribution in [3.63, 3.8) is 0 Å². The Labute approximate surface area is 454 Å². The van der Waals surface area contributed by atoms with Crippen molar-refractivity contribution in [1.29, 1.82) is 0 Å². The van der Waals surface area contributed by atoms with Crippen molar-refractivity contribution in [3.05, 3.63) is 234 Å². The summed E-state index contributed by atoms with van der Waals surface area (Å²) in [5.74, 6) is 1.39. The Bertz CT molecular complexity index is 4170. The molecule has 0 spiro atoms. The molecular formula is C67H60N4OPt-2. The van der Waals surface area contributed by atoms with E-state index in [1.165, 1.54) is 0 Å². The second kappa shape index (κ2) is 19.3. The van der Waals surface area contributed by atoms with E-state index in [2.05, 4.69) is 84.3 Å². The maximum atomic E-state index is 9.53. The first kappa shape index (κ1) is 41.2. The average molecular weight is 1140 g/mol. The maximum absolute atomic E-state index is 9.53. The number of nitrogens with zero attached hydrogens (tertiary/aromatic N) is 4. The van der Waals surface area contributed by atoms with Gasteiger partial charge in [-0.2, -0.15) is 18.2 Å². The summed E-state index contributed by atoms with van der Waals surface area (Å²) in [6.45, 7) is 19.1. The number of hydrogen-bond acceptors (Lipinski definition) is 2. The molecular weight excluding hydrogens is 1070 g/mol. The van der Waals surface area contributed by atoms with Gasteiger partial charge >= 0.3 is 0 Å². The molecule has 0 atom stereocenters. The van der Waals surface area contributed by atoms with E-state index in [1.54, 1.807) is 12.3 Å². The van der Waals surface area contributed by atoms with Crippen molar-refractivity contribution in [2.75, 3.05) is 0 Å². The second-order valence-electron chi connectivity index (χ2n) is 21.2. The molecule has 5 nitrogen and oxygen atoms in total. The van der Waals surface area contributed by atoms with Gasteiger partial charge in [0, 0.05) is 47.0 Å². The molecule has 0 aliphatic heterocycles. The molecule has 0 aliphatic rings. The smallest absolute Gasteiger partial charge is 0.268 e. The number of aryl methyl sites for hydroxylation is 1. The maximum Gasteiger partial charge on any atom is 0.268 e. The number of imidazole rings is 1. The van der Waals surface area contributed by atoms with Crippen molar-refractivity contribution in [2.45, 2.75) is 84.9 Å². The molecule has 0 radical (unpaired) electrons. The summed E-state index contributed by atoms with van der Waals surface area (Å²) in [4.78, 5) is 4.83. The van der Waals surface area contributed by atoms with E-state index in [9.17, 15) is 5.48 Å². The van der Waals surface area contributed by atoms with Gasteiger partial charge in [-0.1, -0.05) is 194 Å². The van der Waals surface area contributed by atoms with Crippen LogP contribution < -0.4 is 9.30 Å². The van der Waals surface area contributed by atoms with Crippen molar-refractivity contribution in [1.82, 2.24) is 14.1 Å². The van der Waals surface area contributed by atoms with Gasteiger partial charge in [-0.15, -0.1) is 29.7 Å². The number of rotatable bonds is 10. The van der Waals surface area contributed by atoms with E-state index >= 15 is 0 Å². The van der Waals surface area contributed by atoms with Crippen LogP contribution in [0.5, 0.6) is 11.5 Å². The van der Waals surface area contributed by atoms with E-state index < -0.39 is 29.9 Å². The molecule has 0 amide bonds. The van der Waals surface area contributed by atoms with Crippen LogP contribution in [-0.4, -0.2) is 14.1 Å². The minimum atomic E-state index is -1.77. The van der Waals surface area contributed by atoms with Gasteiger partial charge < -0.3 is 13.9 Å². The molecule has 0 aliphatic carbocycles. The molecule has 6 heteroatoms. The molecule has 73 heavy (non-hydrogen) atoms. The number of fused-ring (bicyclic) bond motifs is 4. The Morgan fingerprint density at radius 1 is 0.616 bits per heavy atom. The molecule has 11 aromatic rings. The standard InChI is InChI=1S/C67H60N4O.Pt/c1-45-21-18-32-60-63(45)70(64-55(47-22-12-10-13-23-47)29-20-30-56(64)48-38-50(65(2,3)4)40-51(39-48)66(5,6)7)44-69(60)52-26-19-27-53(41-52)72-54-33-34-58-57-28-16-17-31-59(57)71(61(58)42-54)62-37-46(35-36-68-62)43-67(8,9)49-24-14-11-15-25-49;/h10-40H,43H2,1-9H3;/q-2;/i10D,12D,13D,22D,23D,43D2;. The first-order valence-electron chi connectivity index (χ1n) is 28.0. The van der Waals surface area contributed by atoms with E-state index in [0.717, 1.165) is 60.7 Å². The Balaban J connectivity index is 0.00000720. The van der Waals surface area contributed by atoms with E-state index in [-0.39, 0.29) is 49.5 Å². The zero-order valence-electron chi connectivity index (χ0n) is 49.5. The summed E-state index contributed by atoms with van der Waals surface area (Å²) >= 11 is 0. The molecule has 0 saturated heterocycles. The monoisotopic (exact) mass is 1140 g/mol. The average Bonchev–Trinajstić information content (AvgIpc) is 4.08. The molecule has 3 aromatic heterocycles. The molecule has 3 heterocycles. The SMILES string of the molecule is [2H]c1c([2H])c([2H])c(-c2cccc(-c3cc(C(C)(C)C)cc(C(C)(C)C)c3)c2-[n+]2[c-]n(-c3[c-]c(Oc4[c-]c5c(cc4)c4ccccc4n5-c4cc(C([2H])([2H])C(C)(C)c5ccccc5)ccn4)ccc3)c3cccc(C)c32)c([2H])c1[2H].[Pt]. The number of pyridine rings is 1. The van der Waals surface area contributed by atoms with Gasteiger partial charge in [0.25, 0.3) is 6.33 Å². The summed E-state index contributed by atoms with van der Waals surface area (Å²) in [6.07, 6.45) is 3.59. The van der Waals surface area contributed by atoms with Crippen LogP contribution in [0.1, 0.15) is 92.8 Å². The number of hydrogen-bond donors (Lipinski definition) is 0. The quantitative estimate of drug-likeness (QED) is 0.101. The van der Waals surface area contributed by atoms with Crippen LogP contribution in [0.25, 0.3) is 72.3 Å². The zero-order chi connectivity index (χ0) is 56.1. The van der Waals surface area contributed by atoms with Gasteiger partial charge in [0.2, 0.25) is 0 Å². The third-order valence-corrected chi connectivity index (χ3v) is 13.6. The predicted octanol–water partition coefficient (Wildman–Crippen LogP) is 16.3. The molecule has 0 saturated carbocycles. The van der Waals surface area contributed by atoms with Crippen molar-refractivity contribution in [2.24, 2.45) is 0 Å². The van der Waals surface area contributed by atoms with Gasteiger partial charge in [-0.3, -0.25) is 4.57 Å². The Morgan fingerprint density at radius 3 is 2.01 bits per heavy atom. The summed E-state index contributed by atoms with van der Waals surface area (Å²) in [5, 5.41) is 1.91. The Hall–Kier alpha value is -7.33. The van der Waals surface area contributed by atoms with Crippen LogP contribution in [0.4, 0.5) is 0 Å². The molecule has 11 rings (SSSR count). The number of benzene rings is 8. The Kier molecular flexibility index (Phi) is 10.9. The van der Waals surface area contributed by atoms with Gasteiger partial charge in [-0.25, -0.2) is 4.98 Å². The molecule has 366 valence electrons. The number of aromatic nitrogens is 4. The van der Waals surface area contributed by atoms with Crippen LogP contribution in [0, 0.1) is 25.4 Å².